The molecular formula is C39H51N5O. The summed E-state index contributed by atoms with van der Waals surface area (Å²) in [5.74, 6) is 2.40. The number of benzene rings is 2. The van der Waals surface area contributed by atoms with Crippen LogP contribution in [0.4, 0.5) is 0 Å². The summed E-state index contributed by atoms with van der Waals surface area (Å²) in [5.41, 5.74) is 7.75. The van der Waals surface area contributed by atoms with Gasteiger partial charge in [0.15, 0.2) is 0 Å². The van der Waals surface area contributed by atoms with Gasteiger partial charge in [0.05, 0.1) is 11.4 Å². The predicted molar refractivity (Wildman–Crippen MR) is 188 cm³/mol. The van der Waals surface area contributed by atoms with Gasteiger partial charge in [-0.05, 0) is 92.2 Å². The summed E-state index contributed by atoms with van der Waals surface area (Å²) in [4.78, 5) is 19.5. The molecule has 2 saturated carbocycles. The first-order valence-electron chi connectivity index (χ1n) is 17.1. The summed E-state index contributed by atoms with van der Waals surface area (Å²) >= 11 is 0. The van der Waals surface area contributed by atoms with E-state index in [-0.39, 0.29) is 11.6 Å². The van der Waals surface area contributed by atoms with Crippen LogP contribution < -0.4 is 5.56 Å². The Morgan fingerprint density at radius 3 is 2.40 bits per heavy atom. The molecule has 2 aliphatic rings. The van der Waals surface area contributed by atoms with Crippen LogP contribution in [-0.4, -0.2) is 27.7 Å². The summed E-state index contributed by atoms with van der Waals surface area (Å²) in [6, 6.07) is 17.1. The SMILES string of the molecule is C/C=N\N=C(\CC)c1ccccc1-c1ccc(Cc2c(CCC)nc(CC=N)n(C3CCC(CC4CC4(C)C)CC3)c2=O)cc1. The molecule has 1 heterocycles. The quantitative estimate of drug-likeness (QED) is 0.156. The third-order valence-corrected chi connectivity index (χ3v) is 10.2. The van der Waals surface area contributed by atoms with Gasteiger partial charge in [-0.25, -0.2) is 4.98 Å². The summed E-state index contributed by atoms with van der Waals surface area (Å²) in [6.07, 6.45) is 13.7. The lowest BCUT2D eigenvalue weighted by Crippen LogP contribution is -2.35. The molecule has 2 aliphatic carbocycles. The molecule has 0 saturated heterocycles. The van der Waals surface area contributed by atoms with E-state index in [1.165, 1.54) is 31.9 Å². The normalized spacial score (nSPS) is 21.3. The van der Waals surface area contributed by atoms with Gasteiger partial charge < -0.3 is 5.41 Å². The first-order valence-corrected chi connectivity index (χ1v) is 17.1. The molecule has 2 aromatic carbocycles. The number of rotatable bonds is 13. The monoisotopic (exact) mass is 605 g/mol. The van der Waals surface area contributed by atoms with Gasteiger partial charge in [-0.3, -0.25) is 9.36 Å². The standard InChI is InChI=1S/C39H51N5O/c1-6-11-36-34(25-28-14-18-29(19-15-28)32-12-9-10-13-33(32)35(7-2)43-41-8-3)38(45)44(37(42-36)22-23-40)31-20-16-27(17-21-31)24-30-26-39(30,4)5/h8-10,12-15,18-19,23,27,30-31,40H,6-7,11,16-17,20-22,24-26H2,1-5H3/b40-23?,41-8-,43-35-. The lowest BCUT2D eigenvalue weighted by atomic mass is 9.82. The van der Waals surface area contributed by atoms with Crippen molar-refractivity contribution in [3.8, 4) is 11.1 Å². The second-order valence-corrected chi connectivity index (χ2v) is 13.8. The van der Waals surface area contributed by atoms with E-state index < -0.39 is 0 Å². The van der Waals surface area contributed by atoms with E-state index in [0.29, 0.717) is 18.3 Å². The molecule has 5 rings (SSSR count). The zero-order chi connectivity index (χ0) is 32.0. The average Bonchev–Trinajstić information content (AvgIpc) is 3.65. The van der Waals surface area contributed by atoms with Crippen LogP contribution in [0.15, 0.2) is 63.5 Å². The molecule has 1 atom stereocenters. The Morgan fingerprint density at radius 2 is 1.78 bits per heavy atom. The Morgan fingerprint density at radius 1 is 1.07 bits per heavy atom. The fourth-order valence-corrected chi connectivity index (χ4v) is 7.35. The lowest BCUT2D eigenvalue weighted by Gasteiger charge is -2.32. The molecule has 45 heavy (non-hydrogen) atoms. The maximum atomic E-state index is 14.4. The van der Waals surface area contributed by atoms with E-state index in [1.807, 2.05) is 17.6 Å². The van der Waals surface area contributed by atoms with Gasteiger partial charge in [-0.2, -0.15) is 10.2 Å². The topological polar surface area (TPSA) is 83.5 Å². The van der Waals surface area contributed by atoms with Crippen LogP contribution in [0.2, 0.25) is 0 Å². The molecule has 1 unspecified atom stereocenters. The summed E-state index contributed by atoms with van der Waals surface area (Å²) < 4.78 is 1.99. The second kappa shape index (κ2) is 14.6. The maximum Gasteiger partial charge on any atom is 0.257 e. The summed E-state index contributed by atoms with van der Waals surface area (Å²) in [7, 11) is 0. The van der Waals surface area contributed by atoms with Crippen LogP contribution in [0.5, 0.6) is 0 Å². The first-order chi connectivity index (χ1) is 21.8. The number of nitrogens with zero attached hydrogens (tertiary/aromatic N) is 4. The van der Waals surface area contributed by atoms with Crippen molar-refractivity contribution < 1.29 is 0 Å². The van der Waals surface area contributed by atoms with Gasteiger partial charge in [0.2, 0.25) is 0 Å². The van der Waals surface area contributed by atoms with E-state index in [4.69, 9.17) is 10.4 Å². The van der Waals surface area contributed by atoms with Gasteiger partial charge in [0.1, 0.15) is 5.82 Å². The van der Waals surface area contributed by atoms with Crippen LogP contribution in [-0.2, 0) is 19.3 Å². The third kappa shape index (κ3) is 7.59. The molecular weight excluding hydrogens is 554 g/mol. The molecule has 1 N–H and O–H groups in total. The number of aryl methyl sites for hydroxylation is 1. The summed E-state index contributed by atoms with van der Waals surface area (Å²) in [6.45, 7) is 10.9. The zero-order valence-electron chi connectivity index (χ0n) is 28.0. The van der Waals surface area contributed by atoms with Crippen LogP contribution >= 0.6 is 0 Å². The smallest absolute Gasteiger partial charge is 0.257 e. The average molecular weight is 606 g/mol. The van der Waals surface area contributed by atoms with Crippen molar-refractivity contribution in [2.75, 3.05) is 0 Å². The minimum Gasteiger partial charge on any atom is -0.313 e. The number of aromatic nitrogens is 2. The molecule has 6 heteroatoms. The fourth-order valence-electron chi connectivity index (χ4n) is 7.35. The lowest BCUT2D eigenvalue weighted by molar-refractivity contribution is 0.242. The Balaban J connectivity index is 1.42. The zero-order valence-corrected chi connectivity index (χ0v) is 28.0. The predicted octanol–water partition coefficient (Wildman–Crippen LogP) is 9.02. The Bertz CT molecular complexity index is 1590. The summed E-state index contributed by atoms with van der Waals surface area (Å²) in [5, 5.41) is 16.5. The number of hydrogen-bond acceptors (Lipinski definition) is 5. The molecule has 0 spiro atoms. The van der Waals surface area contributed by atoms with Crippen molar-refractivity contribution in [1.82, 2.24) is 9.55 Å². The van der Waals surface area contributed by atoms with Gasteiger partial charge >= 0.3 is 0 Å². The van der Waals surface area contributed by atoms with Gasteiger partial charge in [0.25, 0.3) is 5.56 Å². The molecule has 0 bridgehead atoms. The molecule has 0 aliphatic heterocycles. The molecule has 238 valence electrons. The second-order valence-electron chi connectivity index (χ2n) is 13.8. The van der Waals surface area contributed by atoms with Crippen LogP contribution in [0.3, 0.4) is 0 Å². The van der Waals surface area contributed by atoms with Crippen molar-refractivity contribution in [3.63, 3.8) is 0 Å². The maximum absolute atomic E-state index is 14.4. The largest absolute Gasteiger partial charge is 0.313 e. The minimum atomic E-state index is 0.103. The van der Waals surface area contributed by atoms with Crippen LogP contribution in [0.1, 0.15) is 120 Å². The van der Waals surface area contributed by atoms with Gasteiger partial charge in [0, 0.05) is 42.4 Å². The van der Waals surface area contributed by atoms with E-state index in [2.05, 4.69) is 80.4 Å². The van der Waals surface area contributed by atoms with Crippen molar-refractivity contribution in [2.45, 2.75) is 111 Å². The Hall–Kier alpha value is -3.67. The number of nitrogens with one attached hydrogen (secondary N) is 1. The van der Waals surface area contributed by atoms with Crippen LogP contribution in [0, 0.1) is 22.7 Å². The highest BCUT2D eigenvalue weighted by Gasteiger charge is 2.46. The van der Waals surface area contributed by atoms with E-state index in [0.717, 1.165) is 89.0 Å². The highest BCUT2D eigenvalue weighted by atomic mass is 16.1. The molecule has 2 fully saturated rings. The van der Waals surface area contributed by atoms with Gasteiger partial charge in [-0.15, -0.1) is 0 Å². The molecule has 0 amide bonds. The van der Waals surface area contributed by atoms with Crippen molar-refractivity contribution in [1.29, 1.82) is 5.41 Å². The highest BCUT2D eigenvalue weighted by Crippen LogP contribution is 2.56. The molecule has 3 aromatic rings. The first kappa shape index (κ1) is 32.7. The molecule has 6 nitrogen and oxygen atoms in total. The minimum absolute atomic E-state index is 0.103. The number of hydrogen-bond donors (Lipinski definition) is 1. The Labute approximate surface area is 269 Å². The molecule has 1 aromatic heterocycles. The highest BCUT2D eigenvalue weighted by molar-refractivity contribution is 6.05. The molecule has 0 radical (unpaired) electrons. The third-order valence-electron chi connectivity index (χ3n) is 10.2. The van der Waals surface area contributed by atoms with Crippen molar-refractivity contribution >= 4 is 18.1 Å². The van der Waals surface area contributed by atoms with Crippen LogP contribution in [0.25, 0.3) is 11.1 Å². The Kier molecular flexibility index (Phi) is 10.6. The van der Waals surface area contributed by atoms with Crippen molar-refractivity contribution in [2.24, 2.45) is 27.5 Å². The van der Waals surface area contributed by atoms with Gasteiger partial charge in [-0.1, -0.05) is 82.6 Å². The van der Waals surface area contributed by atoms with Crippen molar-refractivity contribution in [3.05, 3.63) is 87.1 Å². The van der Waals surface area contributed by atoms with E-state index in [1.54, 1.807) is 6.21 Å². The van der Waals surface area contributed by atoms with E-state index in [9.17, 15) is 4.79 Å². The van der Waals surface area contributed by atoms with E-state index >= 15 is 0 Å². The fraction of sp³-hybridized carbons (Fsp3) is 0.513.